The second-order valence-electron chi connectivity index (χ2n) is 4.23. The van der Waals surface area contributed by atoms with Crippen molar-refractivity contribution in [2.75, 3.05) is 12.4 Å². The van der Waals surface area contributed by atoms with Crippen molar-refractivity contribution in [1.29, 1.82) is 0 Å². The van der Waals surface area contributed by atoms with Crippen LogP contribution in [0.4, 0.5) is 5.69 Å². The predicted octanol–water partition coefficient (Wildman–Crippen LogP) is 3.55. The Hall–Kier alpha value is -1.28. The van der Waals surface area contributed by atoms with Gasteiger partial charge in [0.2, 0.25) is 0 Å². The van der Waals surface area contributed by atoms with Gasteiger partial charge >= 0.3 is 0 Å². The summed E-state index contributed by atoms with van der Waals surface area (Å²) in [5, 5.41) is 10.2. The molecule has 0 bridgehead atoms. The van der Waals surface area contributed by atoms with Crippen molar-refractivity contribution in [3.8, 4) is 5.75 Å². The zero-order valence-electron chi connectivity index (χ0n) is 11.2. The molecule has 0 aliphatic heterocycles. The first-order chi connectivity index (χ1) is 9.43. The van der Waals surface area contributed by atoms with Crippen LogP contribution in [0.3, 0.4) is 0 Å². The lowest BCUT2D eigenvalue weighted by molar-refractivity contribution is 0.102. The molecule has 0 spiro atoms. The summed E-state index contributed by atoms with van der Waals surface area (Å²) in [5.74, 6) is 0.197. The molecule has 1 amide bonds. The number of carbonyl (C=O) groups excluding carboxylic acids is 1. The smallest absolute Gasteiger partial charge is 0.259 e. The van der Waals surface area contributed by atoms with Crippen molar-refractivity contribution in [3.63, 3.8) is 0 Å². The Bertz CT molecular complexity index is 650. The van der Waals surface area contributed by atoms with Crippen LogP contribution in [0.15, 0.2) is 12.1 Å². The maximum absolute atomic E-state index is 12.4. The summed E-state index contributed by atoms with van der Waals surface area (Å²) in [6.07, 6.45) is 0. The number of nitrogens with zero attached hydrogens (tertiary/aromatic N) is 1. The highest BCUT2D eigenvalue weighted by Crippen LogP contribution is 2.29. The zero-order chi connectivity index (χ0) is 14.9. The highest BCUT2D eigenvalue weighted by atomic mass is 127. The number of hydrogen-bond donors (Lipinski definition) is 2. The Morgan fingerprint density at radius 2 is 2.15 bits per heavy atom. The van der Waals surface area contributed by atoms with E-state index in [1.165, 1.54) is 7.11 Å². The van der Waals surface area contributed by atoms with Crippen LogP contribution >= 0.6 is 34.2 Å². The molecule has 0 radical (unpaired) electrons. The standard InChI is InChI=1S/C13H13ClIN3O2/c1-6-12(7(2)18-17-6)16-13(19)8-4-9(14)10(15)5-11(8)20-3/h4-5H,1-3H3,(H,16,19)(H,17,18). The summed E-state index contributed by atoms with van der Waals surface area (Å²) < 4.78 is 6.06. The zero-order valence-corrected chi connectivity index (χ0v) is 14.1. The number of aromatic amines is 1. The minimum Gasteiger partial charge on any atom is -0.496 e. The van der Waals surface area contributed by atoms with Crippen LogP contribution in [0, 0.1) is 17.4 Å². The molecule has 2 aromatic rings. The molecule has 106 valence electrons. The third-order valence-electron chi connectivity index (χ3n) is 2.85. The van der Waals surface area contributed by atoms with Gasteiger partial charge in [0.15, 0.2) is 0 Å². The molecular weight excluding hydrogens is 393 g/mol. The van der Waals surface area contributed by atoms with Crippen molar-refractivity contribution >= 4 is 45.8 Å². The summed E-state index contributed by atoms with van der Waals surface area (Å²) in [7, 11) is 1.52. The number of hydrogen-bond acceptors (Lipinski definition) is 3. The molecule has 0 saturated heterocycles. The molecule has 2 N–H and O–H groups in total. The predicted molar refractivity (Wildman–Crippen MR) is 86.7 cm³/mol. The first kappa shape index (κ1) is 15.1. The van der Waals surface area contributed by atoms with Crippen LogP contribution in [0.25, 0.3) is 0 Å². The van der Waals surface area contributed by atoms with Crippen molar-refractivity contribution in [2.24, 2.45) is 0 Å². The molecule has 1 aromatic heterocycles. The Balaban J connectivity index is 2.37. The third kappa shape index (κ3) is 2.90. The van der Waals surface area contributed by atoms with Gasteiger partial charge in [-0.3, -0.25) is 9.89 Å². The number of halogens is 2. The van der Waals surface area contributed by atoms with Gasteiger partial charge in [-0.25, -0.2) is 0 Å². The van der Waals surface area contributed by atoms with Gasteiger partial charge < -0.3 is 10.1 Å². The molecule has 0 atom stereocenters. The lowest BCUT2D eigenvalue weighted by Crippen LogP contribution is -2.14. The average Bonchev–Trinajstić information content (AvgIpc) is 2.73. The number of benzene rings is 1. The molecule has 0 unspecified atom stereocenters. The molecular formula is C13H13ClIN3O2. The molecule has 0 saturated carbocycles. The van der Waals surface area contributed by atoms with Gasteiger partial charge in [-0.1, -0.05) is 11.6 Å². The number of nitrogens with one attached hydrogen (secondary N) is 2. The molecule has 2 rings (SSSR count). The monoisotopic (exact) mass is 405 g/mol. The molecule has 0 aliphatic carbocycles. The van der Waals surface area contributed by atoms with Gasteiger partial charge in [-0.15, -0.1) is 0 Å². The van der Waals surface area contributed by atoms with E-state index in [1.54, 1.807) is 12.1 Å². The summed E-state index contributed by atoms with van der Waals surface area (Å²) in [6, 6.07) is 3.33. The Morgan fingerprint density at radius 1 is 1.45 bits per heavy atom. The SMILES string of the molecule is COc1cc(I)c(Cl)cc1C(=O)Nc1c(C)n[nH]c1C. The van der Waals surface area contributed by atoms with Gasteiger partial charge in [0.05, 0.1) is 34.8 Å². The fourth-order valence-electron chi connectivity index (χ4n) is 1.79. The van der Waals surface area contributed by atoms with E-state index in [1.807, 2.05) is 13.8 Å². The average molecular weight is 406 g/mol. The second-order valence-corrected chi connectivity index (χ2v) is 5.80. The summed E-state index contributed by atoms with van der Waals surface area (Å²) >= 11 is 8.16. The van der Waals surface area contributed by atoms with Crippen molar-refractivity contribution in [1.82, 2.24) is 10.2 Å². The lowest BCUT2D eigenvalue weighted by atomic mass is 10.1. The van der Waals surface area contributed by atoms with E-state index in [9.17, 15) is 4.79 Å². The highest BCUT2D eigenvalue weighted by Gasteiger charge is 2.17. The molecule has 1 aromatic carbocycles. The van der Waals surface area contributed by atoms with Crippen LogP contribution in [0.2, 0.25) is 5.02 Å². The van der Waals surface area contributed by atoms with Crippen molar-refractivity contribution in [2.45, 2.75) is 13.8 Å². The first-order valence-corrected chi connectivity index (χ1v) is 7.25. The van der Waals surface area contributed by atoms with Crippen LogP contribution in [-0.4, -0.2) is 23.2 Å². The second kappa shape index (κ2) is 6.01. The number of methoxy groups -OCH3 is 1. The molecule has 0 fully saturated rings. The number of amides is 1. The Kier molecular flexibility index (Phi) is 4.54. The van der Waals surface area contributed by atoms with Crippen LogP contribution in [0.1, 0.15) is 21.7 Å². The van der Waals surface area contributed by atoms with Gasteiger partial charge in [-0.2, -0.15) is 5.10 Å². The van der Waals surface area contributed by atoms with Gasteiger partial charge in [0.1, 0.15) is 5.75 Å². The maximum atomic E-state index is 12.4. The largest absolute Gasteiger partial charge is 0.496 e. The van der Waals surface area contributed by atoms with E-state index in [2.05, 4.69) is 38.1 Å². The first-order valence-electron chi connectivity index (χ1n) is 5.80. The third-order valence-corrected chi connectivity index (χ3v) is 4.38. The normalized spacial score (nSPS) is 10.4. The van der Waals surface area contributed by atoms with Gasteiger partial charge in [0, 0.05) is 3.57 Å². The fraction of sp³-hybridized carbons (Fsp3) is 0.231. The molecule has 1 heterocycles. The Labute approximate surface area is 135 Å². The van der Waals surface area contributed by atoms with E-state index < -0.39 is 0 Å². The van der Waals surface area contributed by atoms with Crippen LogP contribution < -0.4 is 10.1 Å². The summed E-state index contributed by atoms with van der Waals surface area (Å²) in [6.45, 7) is 3.66. The molecule has 7 heteroatoms. The number of carbonyl (C=O) groups is 1. The van der Waals surface area contributed by atoms with Crippen LogP contribution in [0.5, 0.6) is 5.75 Å². The van der Waals surface area contributed by atoms with Crippen molar-refractivity contribution in [3.05, 3.63) is 37.7 Å². The van der Waals surface area contributed by atoms with E-state index >= 15 is 0 Å². The molecule has 0 aliphatic rings. The number of anilines is 1. The topological polar surface area (TPSA) is 67.0 Å². The maximum Gasteiger partial charge on any atom is 0.259 e. The van der Waals surface area contributed by atoms with E-state index in [4.69, 9.17) is 16.3 Å². The highest BCUT2D eigenvalue weighted by molar-refractivity contribution is 14.1. The summed E-state index contributed by atoms with van der Waals surface area (Å²) in [4.78, 5) is 12.4. The fourth-order valence-corrected chi connectivity index (χ4v) is 2.39. The van der Waals surface area contributed by atoms with Crippen LogP contribution in [-0.2, 0) is 0 Å². The van der Waals surface area contributed by atoms with E-state index in [0.717, 1.165) is 15.0 Å². The molecule has 20 heavy (non-hydrogen) atoms. The van der Waals surface area contributed by atoms with Gasteiger partial charge in [0.25, 0.3) is 5.91 Å². The quantitative estimate of drug-likeness (QED) is 0.768. The number of ether oxygens (including phenoxy) is 1. The van der Waals surface area contributed by atoms with Gasteiger partial charge in [-0.05, 0) is 48.6 Å². The van der Waals surface area contributed by atoms with E-state index in [-0.39, 0.29) is 5.91 Å². The summed E-state index contributed by atoms with van der Waals surface area (Å²) in [5.41, 5.74) is 2.59. The number of rotatable bonds is 3. The minimum absolute atomic E-state index is 0.284. The molecule has 5 nitrogen and oxygen atoms in total. The minimum atomic E-state index is -0.284. The Morgan fingerprint density at radius 3 is 2.70 bits per heavy atom. The van der Waals surface area contributed by atoms with Crippen molar-refractivity contribution < 1.29 is 9.53 Å². The number of aromatic nitrogens is 2. The lowest BCUT2D eigenvalue weighted by Gasteiger charge is -2.11. The number of aryl methyl sites for hydroxylation is 2. The number of H-pyrrole nitrogens is 1. The van der Waals surface area contributed by atoms with E-state index in [0.29, 0.717) is 22.0 Å².